The van der Waals surface area contributed by atoms with Gasteiger partial charge in [-0.1, -0.05) is 5.16 Å². The van der Waals surface area contributed by atoms with Crippen LogP contribution in [0.15, 0.2) is 16.0 Å². The number of likely N-dealkylation sites (tertiary alicyclic amines) is 1. The van der Waals surface area contributed by atoms with Gasteiger partial charge in [0.2, 0.25) is 11.8 Å². The fourth-order valence-corrected chi connectivity index (χ4v) is 5.60. The predicted octanol–water partition coefficient (Wildman–Crippen LogP) is 2.10. The number of rotatable bonds is 2. The predicted molar refractivity (Wildman–Crippen MR) is 87.3 cm³/mol. The Balaban J connectivity index is 1.62. The molecule has 2 aromatic heterocycles. The van der Waals surface area contributed by atoms with Gasteiger partial charge in [0.15, 0.2) is 5.82 Å². The summed E-state index contributed by atoms with van der Waals surface area (Å²) in [5.41, 5.74) is 1.12. The number of thiophene rings is 1. The summed E-state index contributed by atoms with van der Waals surface area (Å²) in [6.07, 6.45) is 0.920. The van der Waals surface area contributed by atoms with Crippen LogP contribution in [-0.4, -0.2) is 44.5 Å². The van der Waals surface area contributed by atoms with Crippen molar-refractivity contribution in [3.63, 3.8) is 0 Å². The number of hydrogen-bond donors (Lipinski definition) is 1. The van der Waals surface area contributed by atoms with E-state index in [0.717, 1.165) is 17.7 Å². The van der Waals surface area contributed by atoms with E-state index in [4.69, 9.17) is 4.52 Å². The topological polar surface area (TPSA) is 79.5 Å². The fraction of sp³-hybridized carbons (Fsp3) is 0.533. The van der Waals surface area contributed by atoms with Crippen LogP contribution in [-0.2, 0) is 11.2 Å². The maximum atomic E-state index is 13.1. The monoisotopic (exact) mass is 351 g/mol. The molecule has 2 aliphatic heterocycles. The second-order valence-corrected chi connectivity index (χ2v) is 8.09. The van der Waals surface area contributed by atoms with E-state index >= 15 is 0 Å². The van der Waals surface area contributed by atoms with Gasteiger partial charge in [-0.3, -0.25) is 4.79 Å². The Morgan fingerprint density at radius 2 is 2.39 bits per heavy atom. The Morgan fingerprint density at radius 1 is 1.52 bits per heavy atom. The lowest BCUT2D eigenvalue weighted by atomic mass is 10.1. The molecular weight excluding hydrogens is 334 g/mol. The van der Waals surface area contributed by atoms with Crippen molar-refractivity contribution in [1.29, 1.82) is 0 Å². The van der Waals surface area contributed by atoms with Crippen molar-refractivity contribution in [1.82, 2.24) is 15.0 Å². The Hall–Kier alpha value is -1.38. The summed E-state index contributed by atoms with van der Waals surface area (Å²) in [5, 5.41) is 15.7. The van der Waals surface area contributed by atoms with Crippen molar-refractivity contribution in [2.75, 3.05) is 12.3 Å². The molecule has 122 valence electrons. The lowest BCUT2D eigenvalue weighted by Gasteiger charge is -2.28. The van der Waals surface area contributed by atoms with Gasteiger partial charge in [-0.2, -0.15) is 4.98 Å². The molecule has 3 atom stereocenters. The minimum atomic E-state index is -0.549. The van der Waals surface area contributed by atoms with E-state index in [2.05, 4.69) is 15.5 Å². The number of carbonyl (C=O) groups is 1. The summed E-state index contributed by atoms with van der Waals surface area (Å²) < 4.78 is 5.25. The molecule has 0 spiro atoms. The van der Waals surface area contributed by atoms with Crippen LogP contribution in [0.25, 0.3) is 0 Å². The third kappa shape index (κ3) is 2.68. The van der Waals surface area contributed by atoms with Gasteiger partial charge in [0, 0.05) is 17.8 Å². The Morgan fingerprint density at radius 3 is 3.17 bits per heavy atom. The van der Waals surface area contributed by atoms with Gasteiger partial charge in [0.05, 0.1) is 6.10 Å². The zero-order valence-corrected chi connectivity index (χ0v) is 14.3. The van der Waals surface area contributed by atoms with Crippen LogP contribution in [0.2, 0.25) is 0 Å². The smallest absolute Gasteiger partial charge is 0.249 e. The van der Waals surface area contributed by atoms with E-state index < -0.39 is 6.10 Å². The van der Waals surface area contributed by atoms with Crippen LogP contribution < -0.4 is 0 Å². The molecule has 6 nitrogen and oxygen atoms in total. The van der Waals surface area contributed by atoms with Crippen molar-refractivity contribution in [2.24, 2.45) is 0 Å². The standard InChI is InChI=1S/C15H17N3O3S2/c1-8-16-14(21-17-8)11-6-9(19)7-18(11)15(20)13-10-2-4-22-12(10)3-5-23-13/h2,4,9,11,13,19H,3,5-7H2,1H3/t9-,11+,13+/m0/s1. The molecule has 23 heavy (non-hydrogen) atoms. The van der Waals surface area contributed by atoms with Gasteiger partial charge < -0.3 is 14.5 Å². The number of aliphatic hydroxyl groups is 1. The van der Waals surface area contributed by atoms with Crippen LogP contribution >= 0.6 is 23.1 Å². The molecule has 1 saturated heterocycles. The molecule has 8 heteroatoms. The first-order chi connectivity index (χ1) is 11.1. The third-order valence-corrected chi connectivity index (χ3v) is 6.52. The molecule has 0 saturated carbocycles. The molecular formula is C15H17N3O3S2. The molecule has 2 aromatic rings. The Kier molecular flexibility index (Phi) is 3.90. The average Bonchev–Trinajstić information content (AvgIpc) is 3.24. The van der Waals surface area contributed by atoms with Crippen LogP contribution in [0.4, 0.5) is 0 Å². The Bertz CT molecular complexity index is 729. The van der Waals surface area contributed by atoms with Gasteiger partial charge in [0.25, 0.3) is 0 Å². The van der Waals surface area contributed by atoms with Crippen molar-refractivity contribution in [3.8, 4) is 0 Å². The average molecular weight is 351 g/mol. The lowest BCUT2D eigenvalue weighted by Crippen LogP contribution is -2.36. The molecule has 1 amide bonds. The van der Waals surface area contributed by atoms with Crippen molar-refractivity contribution < 1.29 is 14.4 Å². The highest BCUT2D eigenvalue weighted by Gasteiger charge is 2.42. The molecule has 0 bridgehead atoms. The molecule has 0 aromatic carbocycles. The molecule has 4 heterocycles. The van der Waals surface area contributed by atoms with Crippen molar-refractivity contribution in [3.05, 3.63) is 33.6 Å². The van der Waals surface area contributed by atoms with Gasteiger partial charge in [0.1, 0.15) is 11.3 Å². The maximum absolute atomic E-state index is 13.1. The van der Waals surface area contributed by atoms with Gasteiger partial charge in [-0.05, 0) is 36.1 Å². The number of fused-ring (bicyclic) bond motifs is 1. The number of aliphatic hydroxyl groups excluding tert-OH is 1. The fourth-order valence-electron chi connectivity index (χ4n) is 3.24. The van der Waals surface area contributed by atoms with Crippen molar-refractivity contribution in [2.45, 2.75) is 37.2 Å². The molecule has 0 aliphatic carbocycles. The highest BCUT2D eigenvalue weighted by Crippen LogP contribution is 2.43. The van der Waals surface area contributed by atoms with E-state index in [-0.39, 0.29) is 17.2 Å². The quantitative estimate of drug-likeness (QED) is 0.893. The molecule has 1 N–H and O–H groups in total. The normalized spacial score (nSPS) is 27.2. The number of aryl methyl sites for hydroxylation is 2. The largest absolute Gasteiger partial charge is 0.391 e. The zero-order chi connectivity index (χ0) is 16.0. The first kappa shape index (κ1) is 15.2. The summed E-state index contributed by atoms with van der Waals surface area (Å²) in [5.74, 6) is 1.94. The minimum absolute atomic E-state index is 0.0340. The highest BCUT2D eigenvalue weighted by atomic mass is 32.2. The zero-order valence-electron chi connectivity index (χ0n) is 12.6. The summed E-state index contributed by atoms with van der Waals surface area (Å²) in [6, 6.07) is 1.72. The molecule has 2 aliphatic rings. The summed E-state index contributed by atoms with van der Waals surface area (Å²) in [4.78, 5) is 20.4. The molecule has 0 radical (unpaired) electrons. The second-order valence-electron chi connectivity index (χ2n) is 5.88. The first-order valence-electron chi connectivity index (χ1n) is 7.60. The van der Waals surface area contributed by atoms with Crippen LogP contribution in [0, 0.1) is 6.92 Å². The molecule has 1 fully saturated rings. The summed E-state index contributed by atoms with van der Waals surface area (Å²) in [7, 11) is 0. The van der Waals surface area contributed by atoms with E-state index in [1.54, 1.807) is 34.9 Å². The Labute approximate surface area is 141 Å². The van der Waals surface area contributed by atoms with Crippen LogP contribution in [0.3, 0.4) is 0 Å². The number of nitrogens with zero attached hydrogens (tertiary/aromatic N) is 3. The highest BCUT2D eigenvalue weighted by molar-refractivity contribution is 8.00. The third-order valence-electron chi connectivity index (χ3n) is 4.29. The van der Waals surface area contributed by atoms with Gasteiger partial charge >= 0.3 is 0 Å². The van der Waals surface area contributed by atoms with E-state index in [0.29, 0.717) is 24.7 Å². The van der Waals surface area contributed by atoms with E-state index in [9.17, 15) is 9.90 Å². The van der Waals surface area contributed by atoms with Crippen molar-refractivity contribution >= 4 is 29.0 Å². The molecule has 4 rings (SSSR count). The maximum Gasteiger partial charge on any atom is 0.249 e. The van der Waals surface area contributed by atoms with Crippen LogP contribution in [0.1, 0.15) is 39.9 Å². The van der Waals surface area contributed by atoms with E-state index in [1.807, 2.05) is 6.07 Å². The number of amides is 1. The second kappa shape index (κ2) is 5.92. The minimum Gasteiger partial charge on any atom is -0.391 e. The number of hydrogen-bond acceptors (Lipinski definition) is 7. The SMILES string of the molecule is Cc1noc([C@H]2C[C@H](O)CN2C(=O)[C@@H]2SCCc3sccc32)n1. The number of carbonyl (C=O) groups excluding carboxylic acids is 1. The summed E-state index contributed by atoms with van der Waals surface area (Å²) in [6.45, 7) is 2.07. The first-order valence-corrected chi connectivity index (χ1v) is 9.53. The van der Waals surface area contributed by atoms with E-state index in [1.165, 1.54) is 4.88 Å². The number of aromatic nitrogens is 2. The van der Waals surface area contributed by atoms with Crippen LogP contribution in [0.5, 0.6) is 0 Å². The summed E-state index contributed by atoms with van der Waals surface area (Å²) >= 11 is 3.39. The van der Waals surface area contributed by atoms with Gasteiger partial charge in [-0.15, -0.1) is 23.1 Å². The lowest BCUT2D eigenvalue weighted by molar-refractivity contribution is -0.132. The number of β-amino-alcohol motifs (C(OH)–C–C–N with tert-alkyl or cyclic N) is 1. The number of thioether (sulfide) groups is 1. The van der Waals surface area contributed by atoms with Gasteiger partial charge in [-0.25, -0.2) is 0 Å². The molecule has 0 unspecified atom stereocenters.